The highest BCUT2D eigenvalue weighted by atomic mass is 35.5. The minimum Gasteiger partial charge on any atom is -0.439 e. The fourth-order valence-corrected chi connectivity index (χ4v) is 2.90. The second-order valence-corrected chi connectivity index (χ2v) is 6.72. The lowest BCUT2D eigenvalue weighted by atomic mass is 10.2. The number of pyridine rings is 1. The Morgan fingerprint density at radius 3 is 2.47 bits per heavy atom. The van der Waals surface area contributed by atoms with Gasteiger partial charge in [-0.3, -0.25) is 4.79 Å². The van der Waals surface area contributed by atoms with Crippen LogP contribution >= 0.6 is 11.6 Å². The van der Waals surface area contributed by atoms with Crippen molar-refractivity contribution in [3.8, 4) is 17.3 Å². The lowest BCUT2D eigenvalue weighted by Gasteiger charge is -2.11. The summed E-state index contributed by atoms with van der Waals surface area (Å²) in [6.45, 7) is 0.389. The summed E-state index contributed by atoms with van der Waals surface area (Å²) in [6, 6.07) is 18.3. The van der Waals surface area contributed by atoms with Gasteiger partial charge in [-0.15, -0.1) is 0 Å². The fourth-order valence-electron chi connectivity index (χ4n) is 2.71. The van der Waals surface area contributed by atoms with E-state index in [9.17, 15) is 9.18 Å². The molecular formula is C22H16ClFN4O2. The molecule has 4 aromatic rings. The lowest BCUT2D eigenvalue weighted by Crippen LogP contribution is -2.22. The fraction of sp³-hybridized carbons (Fsp3) is 0.0455. The van der Waals surface area contributed by atoms with Crippen LogP contribution in [0.25, 0.3) is 5.69 Å². The van der Waals surface area contributed by atoms with E-state index in [1.54, 1.807) is 24.4 Å². The molecule has 0 saturated heterocycles. The maximum atomic E-state index is 13.0. The van der Waals surface area contributed by atoms with Crippen molar-refractivity contribution in [3.63, 3.8) is 0 Å². The SMILES string of the molecule is O=c1c(Cl)c(NCc2ccc(Oc3ccc(F)cc3)nc2)cnn1-c1ccccc1. The Bertz CT molecular complexity index is 1200. The summed E-state index contributed by atoms with van der Waals surface area (Å²) >= 11 is 6.24. The first kappa shape index (κ1) is 19.6. The van der Waals surface area contributed by atoms with Gasteiger partial charge >= 0.3 is 0 Å². The van der Waals surface area contributed by atoms with Crippen LogP contribution < -0.4 is 15.6 Å². The third-order valence-electron chi connectivity index (χ3n) is 4.24. The summed E-state index contributed by atoms with van der Waals surface area (Å²) in [4.78, 5) is 16.7. The second kappa shape index (κ2) is 8.75. The van der Waals surface area contributed by atoms with E-state index in [0.29, 0.717) is 29.5 Å². The molecule has 2 aromatic carbocycles. The Hall–Kier alpha value is -3.71. The highest BCUT2D eigenvalue weighted by molar-refractivity contribution is 6.32. The monoisotopic (exact) mass is 422 g/mol. The van der Waals surface area contributed by atoms with Crippen molar-refractivity contribution < 1.29 is 9.13 Å². The first-order chi connectivity index (χ1) is 14.6. The third-order valence-corrected chi connectivity index (χ3v) is 4.60. The quantitative estimate of drug-likeness (QED) is 0.482. The highest BCUT2D eigenvalue weighted by Crippen LogP contribution is 2.21. The van der Waals surface area contributed by atoms with Gasteiger partial charge in [0.15, 0.2) is 0 Å². The molecule has 0 radical (unpaired) electrons. The Morgan fingerprint density at radius 2 is 1.77 bits per heavy atom. The van der Waals surface area contributed by atoms with Crippen LogP contribution in [-0.2, 0) is 6.54 Å². The molecule has 6 nitrogen and oxygen atoms in total. The third kappa shape index (κ3) is 4.47. The van der Waals surface area contributed by atoms with Crippen molar-refractivity contribution >= 4 is 17.3 Å². The summed E-state index contributed by atoms with van der Waals surface area (Å²) in [6.07, 6.45) is 3.15. The van der Waals surface area contributed by atoms with E-state index in [1.165, 1.54) is 35.1 Å². The number of nitrogens with one attached hydrogen (secondary N) is 1. The summed E-state index contributed by atoms with van der Waals surface area (Å²) in [5.41, 5.74) is 1.51. The van der Waals surface area contributed by atoms with Gasteiger partial charge in [-0.2, -0.15) is 9.78 Å². The van der Waals surface area contributed by atoms with E-state index in [2.05, 4.69) is 15.4 Å². The topological polar surface area (TPSA) is 69.0 Å². The van der Waals surface area contributed by atoms with Crippen molar-refractivity contribution in [1.29, 1.82) is 0 Å². The average Bonchev–Trinajstić information content (AvgIpc) is 2.78. The number of para-hydroxylation sites is 1. The van der Waals surface area contributed by atoms with Crippen molar-refractivity contribution in [2.75, 3.05) is 5.32 Å². The molecule has 0 unspecified atom stereocenters. The maximum absolute atomic E-state index is 13.0. The molecule has 1 N–H and O–H groups in total. The van der Waals surface area contributed by atoms with Crippen molar-refractivity contribution in [2.24, 2.45) is 0 Å². The Kier molecular flexibility index (Phi) is 5.72. The van der Waals surface area contributed by atoms with Gasteiger partial charge in [0.05, 0.1) is 17.6 Å². The van der Waals surface area contributed by atoms with Crippen molar-refractivity contribution in [1.82, 2.24) is 14.8 Å². The minimum atomic E-state index is -0.408. The zero-order valence-electron chi connectivity index (χ0n) is 15.6. The van der Waals surface area contributed by atoms with Crippen LogP contribution in [0.5, 0.6) is 11.6 Å². The number of hydrogen-bond donors (Lipinski definition) is 1. The van der Waals surface area contributed by atoms with Gasteiger partial charge in [-0.1, -0.05) is 35.9 Å². The van der Waals surface area contributed by atoms with Gasteiger partial charge in [0.1, 0.15) is 16.6 Å². The van der Waals surface area contributed by atoms with E-state index in [4.69, 9.17) is 16.3 Å². The Balaban J connectivity index is 1.42. The van der Waals surface area contributed by atoms with Crippen LogP contribution in [0.2, 0.25) is 5.02 Å². The molecule has 0 spiro atoms. The maximum Gasteiger partial charge on any atom is 0.292 e. The molecule has 0 atom stereocenters. The van der Waals surface area contributed by atoms with Crippen LogP contribution in [0.15, 0.2) is 83.9 Å². The molecule has 2 aromatic heterocycles. The zero-order valence-corrected chi connectivity index (χ0v) is 16.4. The molecule has 0 saturated carbocycles. The molecule has 8 heteroatoms. The van der Waals surface area contributed by atoms with E-state index in [1.807, 2.05) is 24.3 Å². The summed E-state index contributed by atoms with van der Waals surface area (Å²) in [7, 11) is 0. The average molecular weight is 423 g/mol. The van der Waals surface area contributed by atoms with Gasteiger partial charge in [0.25, 0.3) is 5.56 Å². The molecule has 0 aliphatic carbocycles. The van der Waals surface area contributed by atoms with E-state index in [-0.39, 0.29) is 10.8 Å². The highest BCUT2D eigenvalue weighted by Gasteiger charge is 2.10. The number of ether oxygens (including phenoxy) is 1. The lowest BCUT2D eigenvalue weighted by molar-refractivity contribution is 0.461. The van der Waals surface area contributed by atoms with Crippen molar-refractivity contribution in [2.45, 2.75) is 6.54 Å². The molecule has 2 heterocycles. The molecule has 0 aliphatic heterocycles. The van der Waals surface area contributed by atoms with E-state index in [0.717, 1.165) is 5.56 Å². The number of halogens is 2. The summed E-state index contributed by atoms with van der Waals surface area (Å²) in [5, 5.41) is 7.33. The molecule has 0 bridgehead atoms. The molecule has 4 rings (SSSR count). The van der Waals surface area contributed by atoms with Gasteiger partial charge < -0.3 is 10.1 Å². The second-order valence-electron chi connectivity index (χ2n) is 6.34. The standard InChI is InChI=1S/C22H16ClFN4O2/c23-21-19(14-27-28(22(21)29)17-4-2-1-3-5-17)25-12-15-6-11-20(26-13-15)30-18-9-7-16(24)8-10-18/h1-11,13-14,25H,12H2. The first-order valence-electron chi connectivity index (χ1n) is 9.05. The molecule has 0 aliphatic rings. The predicted octanol–water partition coefficient (Wildman–Crippen LogP) is 4.82. The largest absolute Gasteiger partial charge is 0.439 e. The van der Waals surface area contributed by atoms with E-state index >= 15 is 0 Å². The van der Waals surface area contributed by atoms with Gasteiger partial charge in [0.2, 0.25) is 5.88 Å². The smallest absolute Gasteiger partial charge is 0.292 e. The Morgan fingerprint density at radius 1 is 1.00 bits per heavy atom. The number of benzene rings is 2. The zero-order chi connectivity index (χ0) is 20.9. The molecule has 0 amide bonds. The Labute approximate surface area is 176 Å². The molecule has 150 valence electrons. The van der Waals surface area contributed by atoms with Gasteiger partial charge in [0, 0.05) is 18.8 Å². The van der Waals surface area contributed by atoms with Crippen LogP contribution in [0.3, 0.4) is 0 Å². The first-order valence-corrected chi connectivity index (χ1v) is 9.43. The normalized spacial score (nSPS) is 10.6. The number of nitrogens with zero attached hydrogens (tertiary/aromatic N) is 3. The number of rotatable bonds is 6. The van der Waals surface area contributed by atoms with Gasteiger partial charge in [-0.25, -0.2) is 9.37 Å². The van der Waals surface area contributed by atoms with Crippen LogP contribution in [-0.4, -0.2) is 14.8 Å². The van der Waals surface area contributed by atoms with Gasteiger partial charge in [-0.05, 0) is 42.0 Å². The molecular weight excluding hydrogens is 407 g/mol. The predicted molar refractivity (Wildman–Crippen MR) is 113 cm³/mol. The molecule has 30 heavy (non-hydrogen) atoms. The number of anilines is 1. The van der Waals surface area contributed by atoms with Crippen LogP contribution in [0, 0.1) is 5.82 Å². The summed E-state index contributed by atoms with van der Waals surface area (Å²) in [5.74, 6) is 0.545. The molecule has 0 fully saturated rings. The number of aromatic nitrogens is 3. The minimum absolute atomic E-state index is 0.0538. The van der Waals surface area contributed by atoms with Crippen LogP contribution in [0.4, 0.5) is 10.1 Å². The van der Waals surface area contributed by atoms with E-state index < -0.39 is 5.56 Å². The number of hydrogen-bond acceptors (Lipinski definition) is 5. The van der Waals surface area contributed by atoms with Crippen LogP contribution in [0.1, 0.15) is 5.56 Å². The summed E-state index contributed by atoms with van der Waals surface area (Å²) < 4.78 is 19.8. The van der Waals surface area contributed by atoms with Crippen molar-refractivity contribution in [3.05, 3.63) is 106 Å².